The lowest BCUT2D eigenvalue weighted by Crippen LogP contribution is -2.39. The number of halogens is 1. The molecule has 3 amide bonds. The van der Waals surface area contributed by atoms with Crippen LogP contribution in [0.15, 0.2) is 47.3 Å². The Bertz CT molecular complexity index is 700. The highest BCUT2D eigenvalue weighted by molar-refractivity contribution is 6.30. The monoisotopic (exact) mass is 347 g/mol. The van der Waals surface area contributed by atoms with Gasteiger partial charge in [-0.2, -0.15) is 0 Å². The number of carbonyl (C=O) groups excluding carboxylic acids is 2. The van der Waals surface area contributed by atoms with E-state index in [1.165, 1.54) is 12.5 Å². The molecule has 24 heavy (non-hydrogen) atoms. The van der Waals surface area contributed by atoms with Gasteiger partial charge in [0.25, 0.3) is 5.91 Å². The third-order valence-corrected chi connectivity index (χ3v) is 4.19. The second-order valence-electron chi connectivity index (χ2n) is 5.58. The van der Waals surface area contributed by atoms with Crippen molar-refractivity contribution in [3.8, 4) is 0 Å². The van der Waals surface area contributed by atoms with Crippen LogP contribution in [0.4, 0.5) is 10.5 Å². The van der Waals surface area contributed by atoms with E-state index in [0.29, 0.717) is 42.5 Å². The Labute approximate surface area is 145 Å². The lowest BCUT2D eigenvalue weighted by Gasteiger charge is -2.22. The van der Waals surface area contributed by atoms with Gasteiger partial charge in [-0.05, 0) is 36.8 Å². The summed E-state index contributed by atoms with van der Waals surface area (Å²) in [4.78, 5) is 28.2. The molecule has 1 aliphatic rings. The van der Waals surface area contributed by atoms with Gasteiger partial charge in [0.2, 0.25) is 0 Å². The van der Waals surface area contributed by atoms with E-state index in [1.807, 2.05) is 0 Å². The minimum absolute atomic E-state index is 0.0660. The number of rotatable bonds is 2. The van der Waals surface area contributed by atoms with E-state index in [4.69, 9.17) is 16.0 Å². The van der Waals surface area contributed by atoms with Crippen LogP contribution in [-0.4, -0.2) is 47.9 Å². The fraction of sp³-hybridized carbons (Fsp3) is 0.294. The van der Waals surface area contributed by atoms with Crippen molar-refractivity contribution >= 4 is 29.2 Å². The molecule has 126 valence electrons. The number of anilines is 1. The van der Waals surface area contributed by atoms with Gasteiger partial charge in [-0.3, -0.25) is 4.79 Å². The molecule has 0 saturated carbocycles. The standard InChI is InChI=1S/C17H18ClN3O3/c18-14-2-4-15(5-3-14)19-17(23)21-8-1-7-20(9-10-21)16(22)13-6-11-24-12-13/h2-6,11-12H,1,7-10H2,(H,19,23). The second-order valence-corrected chi connectivity index (χ2v) is 6.02. The predicted octanol–water partition coefficient (Wildman–Crippen LogP) is 3.31. The lowest BCUT2D eigenvalue weighted by molar-refractivity contribution is 0.0762. The molecule has 1 aromatic heterocycles. The van der Waals surface area contributed by atoms with Crippen LogP contribution < -0.4 is 5.32 Å². The number of benzene rings is 1. The summed E-state index contributed by atoms with van der Waals surface area (Å²) in [6.45, 7) is 2.21. The molecule has 6 nitrogen and oxygen atoms in total. The molecule has 2 aromatic rings. The van der Waals surface area contributed by atoms with E-state index in [1.54, 1.807) is 40.1 Å². The van der Waals surface area contributed by atoms with Crippen molar-refractivity contribution in [2.24, 2.45) is 0 Å². The molecule has 0 spiro atoms. The molecular weight excluding hydrogens is 330 g/mol. The number of urea groups is 1. The smallest absolute Gasteiger partial charge is 0.321 e. The van der Waals surface area contributed by atoms with Crippen LogP contribution >= 0.6 is 11.6 Å². The zero-order valence-electron chi connectivity index (χ0n) is 13.1. The Morgan fingerprint density at radius 2 is 1.71 bits per heavy atom. The van der Waals surface area contributed by atoms with Crippen LogP contribution in [0.25, 0.3) is 0 Å². The first-order valence-corrected chi connectivity index (χ1v) is 8.14. The molecule has 1 aromatic carbocycles. The molecule has 0 radical (unpaired) electrons. The van der Waals surface area contributed by atoms with E-state index in [2.05, 4.69) is 5.32 Å². The molecule has 0 aliphatic carbocycles. The summed E-state index contributed by atoms with van der Waals surface area (Å²) in [5, 5.41) is 3.47. The molecule has 0 unspecified atom stereocenters. The number of nitrogens with zero attached hydrogens (tertiary/aromatic N) is 2. The average molecular weight is 348 g/mol. The predicted molar refractivity (Wildman–Crippen MR) is 91.3 cm³/mol. The van der Waals surface area contributed by atoms with Crippen molar-refractivity contribution in [1.82, 2.24) is 9.80 Å². The molecule has 2 heterocycles. The van der Waals surface area contributed by atoms with Crippen molar-refractivity contribution in [2.45, 2.75) is 6.42 Å². The molecule has 1 aliphatic heterocycles. The van der Waals surface area contributed by atoms with Gasteiger partial charge in [0.05, 0.1) is 11.8 Å². The van der Waals surface area contributed by atoms with Gasteiger partial charge in [0.1, 0.15) is 6.26 Å². The number of carbonyl (C=O) groups is 2. The van der Waals surface area contributed by atoms with Crippen LogP contribution in [-0.2, 0) is 0 Å². The van der Waals surface area contributed by atoms with E-state index < -0.39 is 0 Å². The highest BCUT2D eigenvalue weighted by Gasteiger charge is 2.23. The normalized spacial score (nSPS) is 15.0. The van der Waals surface area contributed by atoms with Crippen LogP contribution in [0.2, 0.25) is 5.02 Å². The van der Waals surface area contributed by atoms with Gasteiger partial charge >= 0.3 is 6.03 Å². The maximum absolute atomic E-state index is 12.4. The maximum atomic E-state index is 12.4. The minimum atomic E-state index is -0.171. The van der Waals surface area contributed by atoms with Crippen molar-refractivity contribution in [3.05, 3.63) is 53.4 Å². The Kier molecular flexibility index (Phi) is 5.05. The fourth-order valence-corrected chi connectivity index (χ4v) is 2.75. The Morgan fingerprint density at radius 3 is 2.42 bits per heavy atom. The van der Waals surface area contributed by atoms with Crippen LogP contribution in [0.5, 0.6) is 0 Å². The van der Waals surface area contributed by atoms with Crippen molar-refractivity contribution in [2.75, 3.05) is 31.5 Å². The van der Waals surface area contributed by atoms with E-state index >= 15 is 0 Å². The number of amides is 3. The molecule has 0 bridgehead atoms. The van der Waals surface area contributed by atoms with Crippen molar-refractivity contribution in [3.63, 3.8) is 0 Å². The van der Waals surface area contributed by atoms with Crippen LogP contribution in [0.1, 0.15) is 16.8 Å². The molecule has 1 fully saturated rings. The van der Waals surface area contributed by atoms with Crippen molar-refractivity contribution in [1.29, 1.82) is 0 Å². The Hall–Kier alpha value is -2.47. The van der Waals surface area contributed by atoms with Crippen LogP contribution in [0, 0.1) is 0 Å². The highest BCUT2D eigenvalue weighted by atomic mass is 35.5. The summed E-state index contributed by atoms with van der Waals surface area (Å²) in [7, 11) is 0. The van der Waals surface area contributed by atoms with E-state index in [-0.39, 0.29) is 11.9 Å². The van der Waals surface area contributed by atoms with Gasteiger partial charge in [-0.25, -0.2) is 4.79 Å². The number of hydrogen-bond donors (Lipinski definition) is 1. The zero-order chi connectivity index (χ0) is 16.9. The minimum Gasteiger partial charge on any atom is -0.472 e. The molecule has 7 heteroatoms. The summed E-state index contributed by atoms with van der Waals surface area (Å²) in [5.41, 5.74) is 1.23. The SMILES string of the molecule is O=C(Nc1ccc(Cl)cc1)N1CCCN(C(=O)c2ccoc2)CC1. The highest BCUT2D eigenvalue weighted by Crippen LogP contribution is 2.15. The first kappa shape index (κ1) is 16.4. The zero-order valence-corrected chi connectivity index (χ0v) is 13.8. The summed E-state index contributed by atoms with van der Waals surface area (Å²) in [5.74, 6) is -0.0660. The average Bonchev–Trinajstić information content (AvgIpc) is 3.00. The summed E-state index contributed by atoms with van der Waals surface area (Å²) >= 11 is 5.84. The van der Waals surface area contributed by atoms with Gasteiger partial charge in [-0.15, -0.1) is 0 Å². The van der Waals surface area contributed by atoms with Gasteiger partial charge < -0.3 is 19.5 Å². The summed E-state index contributed by atoms with van der Waals surface area (Å²) < 4.78 is 4.96. The third kappa shape index (κ3) is 3.89. The number of hydrogen-bond acceptors (Lipinski definition) is 3. The third-order valence-electron chi connectivity index (χ3n) is 3.93. The Morgan fingerprint density at radius 1 is 1.00 bits per heavy atom. The van der Waals surface area contributed by atoms with Gasteiger partial charge in [0, 0.05) is 36.9 Å². The van der Waals surface area contributed by atoms with Crippen LogP contribution in [0.3, 0.4) is 0 Å². The van der Waals surface area contributed by atoms with E-state index in [0.717, 1.165) is 6.42 Å². The lowest BCUT2D eigenvalue weighted by atomic mass is 10.3. The van der Waals surface area contributed by atoms with Gasteiger partial charge in [-0.1, -0.05) is 11.6 Å². The Balaban J connectivity index is 1.57. The molecule has 1 saturated heterocycles. The summed E-state index contributed by atoms with van der Waals surface area (Å²) in [6, 6.07) is 8.45. The van der Waals surface area contributed by atoms with E-state index in [9.17, 15) is 9.59 Å². The largest absolute Gasteiger partial charge is 0.472 e. The topological polar surface area (TPSA) is 65.8 Å². The number of nitrogens with one attached hydrogen (secondary N) is 1. The molecule has 1 N–H and O–H groups in total. The summed E-state index contributed by atoms with van der Waals surface area (Å²) in [6.07, 6.45) is 3.66. The molecular formula is C17H18ClN3O3. The fourth-order valence-electron chi connectivity index (χ4n) is 2.63. The first-order chi connectivity index (χ1) is 11.6. The number of furan rings is 1. The van der Waals surface area contributed by atoms with Crippen molar-refractivity contribution < 1.29 is 14.0 Å². The first-order valence-electron chi connectivity index (χ1n) is 7.76. The second kappa shape index (κ2) is 7.40. The van der Waals surface area contributed by atoms with Gasteiger partial charge in [0.15, 0.2) is 0 Å². The molecule has 3 rings (SSSR count). The maximum Gasteiger partial charge on any atom is 0.321 e. The quantitative estimate of drug-likeness (QED) is 0.906. The molecule has 0 atom stereocenters.